The number of β-amino-alcohol motifs (C(OH)–C–C–N with tert-alkyl or cyclic N) is 1. The Morgan fingerprint density at radius 1 is 1.52 bits per heavy atom. The molecule has 3 heterocycles. The third-order valence-electron chi connectivity index (χ3n) is 4.11. The molecule has 0 aliphatic carbocycles. The van der Waals surface area contributed by atoms with E-state index in [1.54, 1.807) is 12.1 Å². The van der Waals surface area contributed by atoms with Crippen molar-refractivity contribution in [3.05, 3.63) is 41.5 Å². The fraction of sp³-hybridized carbons (Fsp3) is 0.375. The topological polar surface area (TPSA) is 84.5 Å². The summed E-state index contributed by atoms with van der Waals surface area (Å²) < 4.78 is 19.3. The highest BCUT2D eigenvalue weighted by Gasteiger charge is 2.25. The fourth-order valence-electron chi connectivity index (χ4n) is 2.82. The van der Waals surface area contributed by atoms with Crippen molar-refractivity contribution in [2.45, 2.75) is 12.5 Å². The van der Waals surface area contributed by atoms with E-state index in [1.807, 2.05) is 4.90 Å². The number of rotatable bonds is 4. The predicted octanol–water partition coefficient (Wildman–Crippen LogP) is 0.839. The standard InChI is InChI=1S/C16H19FN4O2/c1-23-15-3-2-13-16(20-15)11(12(17)7-19-13)4-5-21-8-10(6-18)14(22)9-21/h2-3,6-7,14,22H,4-5,8-9,18H2,1H3/b10-6-/t14-/m1/s1. The van der Waals surface area contributed by atoms with E-state index in [9.17, 15) is 9.50 Å². The van der Waals surface area contributed by atoms with E-state index in [2.05, 4.69) is 9.97 Å². The smallest absolute Gasteiger partial charge is 0.213 e. The summed E-state index contributed by atoms with van der Waals surface area (Å²) >= 11 is 0. The maximum absolute atomic E-state index is 14.2. The highest BCUT2D eigenvalue weighted by molar-refractivity contribution is 5.78. The lowest BCUT2D eigenvalue weighted by molar-refractivity contribution is 0.195. The summed E-state index contributed by atoms with van der Waals surface area (Å²) in [5.74, 6) is 0.0451. The molecule has 3 rings (SSSR count). The maximum Gasteiger partial charge on any atom is 0.213 e. The number of aromatic nitrogens is 2. The number of hydrogen-bond donors (Lipinski definition) is 2. The predicted molar refractivity (Wildman–Crippen MR) is 84.5 cm³/mol. The van der Waals surface area contributed by atoms with Crippen molar-refractivity contribution in [1.82, 2.24) is 14.9 Å². The number of halogens is 1. The molecular weight excluding hydrogens is 299 g/mol. The molecule has 0 saturated carbocycles. The van der Waals surface area contributed by atoms with Crippen LogP contribution in [0.3, 0.4) is 0 Å². The molecule has 1 aliphatic heterocycles. The van der Waals surface area contributed by atoms with Crippen molar-refractivity contribution in [3.63, 3.8) is 0 Å². The Hall–Kier alpha value is -2.25. The molecule has 7 heteroatoms. The molecule has 0 spiro atoms. The van der Waals surface area contributed by atoms with Crippen LogP contribution in [0.1, 0.15) is 5.56 Å². The van der Waals surface area contributed by atoms with Crippen molar-refractivity contribution >= 4 is 11.0 Å². The highest BCUT2D eigenvalue weighted by atomic mass is 19.1. The number of aliphatic hydroxyl groups is 1. The van der Waals surface area contributed by atoms with Crippen LogP contribution < -0.4 is 10.5 Å². The lowest BCUT2D eigenvalue weighted by Gasteiger charge is -2.15. The van der Waals surface area contributed by atoms with Crippen LogP contribution in [0.5, 0.6) is 5.88 Å². The molecule has 6 nitrogen and oxygen atoms in total. The van der Waals surface area contributed by atoms with Gasteiger partial charge in [-0.05, 0) is 24.3 Å². The van der Waals surface area contributed by atoms with Gasteiger partial charge in [0.1, 0.15) is 5.82 Å². The summed E-state index contributed by atoms with van der Waals surface area (Å²) in [6.45, 7) is 1.70. The van der Waals surface area contributed by atoms with Crippen LogP contribution in [0.4, 0.5) is 4.39 Å². The third-order valence-corrected chi connectivity index (χ3v) is 4.11. The Balaban J connectivity index is 1.83. The largest absolute Gasteiger partial charge is 0.481 e. The first-order chi connectivity index (χ1) is 11.1. The number of methoxy groups -OCH3 is 1. The van der Waals surface area contributed by atoms with Gasteiger partial charge >= 0.3 is 0 Å². The second kappa shape index (κ2) is 6.47. The summed E-state index contributed by atoms with van der Waals surface area (Å²) in [6, 6.07) is 3.46. The second-order valence-electron chi connectivity index (χ2n) is 5.55. The number of pyridine rings is 2. The van der Waals surface area contributed by atoms with Gasteiger partial charge in [0.25, 0.3) is 0 Å². The Kier molecular flexibility index (Phi) is 4.40. The van der Waals surface area contributed by atoms with Crippen molar-refractivity contribution in [1.29, 1.82) is 0 Å². The Bertz CT molecular complexity index is 750. The van der Waals surface area contributed by atoms with Crippen molar-refractivity contribution in [2.75, 3.05) is 26.7 Å². The van der Waals surface area contributed by atoms with Gasteiger partial charge < -0.3 is 15.6 Å². The first kappa shape index (κ1) is 15.6. The molecule has 3 N–H and O–H groups in total. The average molecular weight is 318 g/mol. The Morgan fingerprint density at radius 3 is 3.04 bits per heavy atom. The number of ether oxygens (including phenoxy) is 1. The van der Waals surface area contributed by atoms with Gasteiger partial charge in [0.2, 0.25) is 5.88 Å². The lowest BCUT2D eigenvalue weighted by Crippen LogP contribution is -2.25. The fourth-order valence-corrected chi connectivity index (χ4v) is 2.82. The molecule has 1 atom stereocenters. The molecule has 0 unspecified atom stereocenters. The number of nitrogens with zero attached hydrogens (tertiary/aromatic N) is 3. The van der Waals surface area contributed by atoms with Crippen LogP contribution in [-0.2, 0) is 6.42 Å². The Labute approximate surface area is 133 Å². The molecule has 1 saturated heterocycles. The minimum Gasteiger partial charge on any atom is -0.481 e. The van der Waals surface area contributed by atoms with Crippen LogP contribution >= 0.6 is 0 Å². The molecular formula is C16H19FN4O2. The molecule has 23 heavy (non-hydrogen) atoms. The molecule has 2 aromatic rings. The summed E-state index contributed by atoms with van der Waals surface area (Å²) in [7, 11) is 1.52. The van der Waals surface area contributed by atoms with Crippen LogP contribution in [0, 0.1) is 5.82 Å². The first-order valence-electron chi connectivity index (χ1n) is 7.41. The molecule has 0 aromatic carbocycles. The van der Waals surface area contributed by atoms with Gasteiger partial charge in [-0.25, -0.2) is 9.37 Å². The lowest BCUT2D eigenvalue weighted by atomic mass is 10.1. The molecule has 122 valence electrons. The molecule has 0 radical (unpaired) electrons. The highest BCUT2D eigenvalue weighted by Crippen LogP contribution is 2.22. The minimum atomic E-state index is -0.544. The van der Waals surface area contributed by atoms with E-state index in [0.29, 0.717) is 48.5 Å². The summed E-state index contributed by atoms with van der Waals surface area (Å²) in [4.78, 5) is 10.4. The van der Waals surface area contributed by atoms with Crippen LogP contribution in [0.2, 0.25) is 0 Å². The maximum atomic E-state index is 14.2. The van der Waals surface area contributed by atoms with Gasteiger partial charge in [-0.15, -0.1) is 0 Å². The normalized spacial score (nSPS) is 20.5. The van der Waals surface area contributed by atoms with Gasteiger partial charge in [0.05, 0.1) is 30.4 Å². The quantitative estimate of drug-likeness (QED) is 0.869. The average Bonchev–Trinajstić information content (AvgIpc) is 2.93. The number of nitrogens with two attached hydrogens (primary N) is 1. The summed E-state index contributed by atoms with van der Waals surface area (Å²) in [5, 5.41) is 9.85. The third kappa shape index (κ3) is 3.11. The van der Waals surface area contributed by atoms with E-state index in [0.717, 1.165) is 5.57 Å². The van der Waals surface area contributed by atoms with Gasteiger partial charge in [-0.3, -0.25) is 9.88 Å². The van der Waals surface area contributed by atoms with Crippen LogP contribution in [-0.4, -0.2) is 52.8 Å². The van der Waals surface area contributed by atoms with Gasteiger partial charge in [-0.1, -0.05) is 0 Å². The van der Waals surface area contributed by atoms with E-state index in [1.165, 1.54) is 19.5 Å². The first-order valence-corrected chi connectivity index (χ1v) is 7.41. The van der Waals surface area contributed by atoms with Gasteiger partial charge in [0.15, 0.2) is 0 Å². The zero-order valence-electron chi connectivity index (χ0n) is 12.9. The van der Waals surface area contributed by atoms with E-state index >= 15 is 0 Å². The minimum absolute atomic E-state index is 0.382. The number of aliphatic hydroxyl groups excluding tert-OH is 1. The molecule has 2 aromatic heterocycles. The van der Waals surface area contributed by atoms with E-state index in [4.69, 9.17) is 10.5 Å². The number of fused-ring (bicyclic) bond motifs is 1. The number of hydrogen-bond acceptors (Lipinski definition) is 6. The van der Waals surface area contributed by atoms with Crippen molar-refractivity contribution in [2.24, 2.45) is 5.73 Å². The monoisotopic (exact) mass is 318 g/mol. The van der Waals surface area contributed by atoms with E-state index < -0.39 is 6.10 Å². The molecule has 1 fully saturated rings. The van der Waals surface area contributed by atoms with Crippen molar-refractivity contribution < 1.29 is 14.2 Å². The van der Waals surface area contributed by atoms with E-state index in [-0.39, 0.29) is 5.82 Å². The molecule has 0 bridgehead atoms. The zero-order chi connectivity index (χ0) is 16.4. The summed E-state index contributed by atoms with van der Waals surface area (Å²) in [5.41, 5.74) is 7.93. The van der Waals surface area contributed by atoms with Crippen LogP contribution in [0.25, 0.3) is 11.0 Å². The second-order valence-corrected chi connectivity index (χ2v) is 5.55. The van der Waals surface area contributed by atoms with Gasteiger partial charge in [0, 0.05) is 31.3 Å². The summed E-state index contributed by atoms with van der Waals surface area (Å²) in [6.07, 6.45) is 2.59. The van der Waals surface area contributed by atoms with Gasteiger partial charge in [-0.2, -0.15) is 0 Å². The zero-order valence-corrected chi connectivity index (χ0v) is 12.9. The molecule has 0 amide bonds. The Morgan fingerprint density at radius 2 is 2.35 bits per heavy atom. The van der Waals surface area contributed by atoms with Crippen LogP contribution in [0.15, 0.2) is 30.1 Å². The SMILES string of the molecule is COc1ccc2ncc(F)c(CCN3C/C(=C/N)[C@H](O)C3)c2n1. The number of likely N-dealkylation sites (tertiary alicyclic amines) is 1. The molecule has 1 aliphatic rings. The van der Waals surface area contributed by atoms with Crippen molar-refractivity contribution in [3.8, 4) is 5.88 Å².